The molecule has 104 valence electrons. The van der Waals surface area contributed by atoms with E-state index in [1.54, 1.807) is 0 Å². The minimum Gasteiger partial charge on any atom is -0.334 e. The molecule has 1 aliphatic rings. The highest BCUT2D eigenvalue weighted by Crippen LogP contribution is 2.23. The maximum Gasteiger partial charge on any atom is 0.256 e. The number of nitrogens with one attached hydrogen (secondary N) is 1. The maximum atomic E-state index is 12.6. The van der Waals surface area contributed by atoms with Gasteiger partial charge in [-0.25, -0.2) is 0 Å². The number of rotatable bonds is 4. The lowest BCUT2D eigenvalue weighted by Crippen LogP contribution is -2.41. The first kappa shape index (κ1) is 13.8. The Morgan fingerprint density at radius 2 is 2.21 bits per heavy atom. The van der Waals surface area contributed by atoms with Crippen LogP contribution in [-0.2, 0) is 0 Å². The Labute approximate surface area is 114 Å². The summed E-state index contributed by atoms with van der Waals surface area (Å²) in [6.07, 6.45) is 2.14. The van der Waals surface area contributed by atoms with E-state index in [-0.39, 0.29) is 5.91 Å². The van der Waals surface area contributed by atoms with Crippen LogP contribution in [0.4, 0.5) is 5.69 Å². The van der Waals surface area contributed by atoms with Gasteiger partial charge in [0.15, 0.2) is 0 Å². The van der Waals surface area contributed by atoms with Crippen molar-refractivity contribution in [3.63, 3.8) is 0 Å². The molecule has 1 saturated heterocycles. The predicted octanol–water partition coefficient (Wildman–Crippen LogP) is 1.14. The molecule has 1 aromatic carbocycles. The Balaban J connectivity index is 2.18. The van der Waals surface area contributed by atoms with Gasteiger partial charge in [-0.2, -0.15) is 0 Å². The van der Waals surface area contributed by atoms with Crippen molar-refractivity contribution >= 4 is 11.6 Å². The number of carbonyl (C=O) groups is 1. The van der Waals surface area contributed by atoms with Crippen LogP contribution < -0.4 is 11.3 Å². The summed E-state index contributed by atoms with van der Waals surface area (Å²) in [6, 6.07) is 7.68. The molecule has 0 bridgehead atoms. The third kappa shape index (κ3) is 3.05. The van der Waals surface area contributed by atoms with Gasteiger partial charge in [0.05, 0.1) is 11.3 Å². The van der Waals surface area contributed by atoms with Crippen molar-refractivity contribution in [2.45, 2.75) is 18.9 Å². The van der Waals surface area contributed by atoms with E-state index in [4.69, 9.17) is 5.84 Å². The molecule has 0 radical (unpaired) electrons. The number of likely N-dealkylation sites (N-methyl/N-ethyl adjacent to an activating group) is 1. The van der Waals surface area contributed by atoms with E-state index in [2.05, 4.69) is 10.3 Å². The van der Waals surface area contributed by atoms with Crippen LogP contribution in [0.5, 0.6) is 0 Å². The normalized spacial score (nSPS) is 18.9. The molecule has 5 heteroatoms. The van der Waals surface area contributed by atoms with Crippen molar-refractivity contribution < 1.29 is 4.79 Å². The molecule has 1 aliphatic heterocycles. The first-order valence-electron chi connectivity index (χ1n) is 6.65. The molecule has 19 heavy (non-hydrogen) atoms. The van der Waals surface area contributed by atoms with Gasteiger partial charge < -0.3 is 15.2 Å². The van der Waals surface area contributed by atoms with Crippen molar-refractivity contribution in [3.05, 3.63) is 29.8 Å². The van der Waals surface area contributed by atoms with E-state index in [9.17, 15) is 4.79 Å². The first-order chi connectivity index (χ1) is 9.13. The lowest BCUT2D eigenvalue weighted by Gasteiger charge is -2.27. The number of nitrogens with two attached hydrogens (primary N) is 1. The molecule has 0 aliphatic carbocycles. The van der Waals surface area contributed by atoms with E-state index in [1.165, 1.54) is 0 Å². The van der Waals surface area contributed by atoms with E-state index in [0.717, 1.165) is 25.9 Å². The van der Waals surface area contributed by atoms with Crippen LogP contribution in [0.1, 0.15) is 23.2 Å². The molecule has 1 amide bonds. The first-order valence-corrected chi connectivity index (χ1v) is 6.65. The Morgan fingerprint density at radius 3 is 2.89 bits per heavy atom. The van der Waals surface area contributed by atoms with E-state index >= 15 is 0 Å². The van der Waals surface area contributed by atoms with Crippen molar-refractivity contribution in [3.8, 4) is 0 Å². The van der Waals surface area contributed by atoms with Crippen LogP contribution in [0.15, 0.2) is 24.3 Å². The second kappa shape index (κ2) is 6.04. The number of nitrogen functional groups attached to an aromatic ring is 1. The summed E-state index contributed by atoms with van der Waals surface area (Å²) in [5.74, 6) is 5.54. The van der Waals surface area contributed by atoms with Crippen LogP contribution in [0.25, 0.3) is 0 Å². The number of amides is 1. The molecule has 1 unspecified atom stereocenters. The highest BCUT2D eigenvalue weighted by molar-refractivity contribution is 5.99. The van der Waals surface area contributed by atoms with Crippen LogP contribution in [0, 0.1) is 0 Å². The third-order valence-electron chi connectivity index (χ3n) is 3.53. The van der Waals surface area contributed by atoms with E-state index in [1.807, 2.05) is 43.3 Å². The number of hydrogen-bond donors (Lipinski definition) is 2. The average Bonchev–Trinajstić information content (AvgIpc) is 2.85. The summed E-state index contributed by atoms with van der Waals surface area (Å²) in [4.78, 5) is 16.7. The zero-order chi connectivity index (χ0) is 13.8. The van der Waals surface area contributed by atoms with Crippen molar-refractivity contribution in [1.29, 1.82) is 0 Å². The lowest BCUT2D eigenvalue weighted by molar-refractivity contribution is 0.0717. The fourth-order valence-electron chi connectivity index (χ4n) is 2.66. The van der Waals surface area contributed by atoms with Gasteiger partial charge in [-0.05, 0) is 39.1 Å². The number of carbonyl (C=O) groups excluding carboxylic acids is 1. The highest BCUT2D eigenvalue weighted by Gasteiger charge is 2.30. The molecule has 2 rings (SSSR count). The number of nitrogens with zero attached hydrogens (tertiary/aromatic N) is 2. The molecule has 1 aromatic rings. The number of benzene rings is 1. The van der Waals surface area contributed by atoms with Gasteiger partial charge in [0.2, 0.25) is 0 Å². The van der Waals surface area contributed by atoms with Crippen molar-refractivity contribution in [1.82, 2.24) is 9.80 Å². The second-order valence-corrected chi connectivity index (χ2v) is 5.25. The number of anilines is 1. The van der Waals surface area contributed by atoms with Crippen LogP contribution in [0.3, 0.4) is 0 Å². The van der Waals surface area contributed by atoms with Crippen LogP contribution >= 0.6 is 0 Å². The second-order valence-electron chi connectivity index (χ2n) is 5.25. The zero-order valence-electron chi connectivity index (χ0n) is 11.6. The molecule has 1 fully saturated rings. The van der Waals surface area contributed by atoms with Gasteiger partial charge in [0.1, 0.15) is 0 Å². The molecule has 5 nitrogen and oxygen atoms in total. The summed E-state index contributed by atoms with van der Waals surface area (Å²) < 4.78 is 0. The fraction of sp³-hybridized carbons (Fsp3) is 0.500. The molecule has 3 N–H and O–H groups in total. The maximum absolute atomic E-state index is 12.6. The Bertz CT molecular complexity index is 447. The van der Waals surface area contributed by atoms with Gasteiger partial charge in [-0.15, -0.1) is 0 Å². The van der Waals surface area contributed by atoms with Gasteiger partial charge in [0, 0.05) is 19.1 Å². The topological polar surface area (TPSA) is 61.6 Å². The fourth-order valence-corrected chi connectivity index (χ4v) is 2.66. The largest absolute Gasteiger partial charge is 0.334 e. The lowest BCUT2D eigenvalue weighted by atomic mass is 10.1. The van der Waals surface area contributed by atoms with Gasteiger partial charge in [0.25, 0.3) is 5.91 Å². The molecular weight excluding hydrogens is 240 g/mol. The summed E-state index contributed by atoms with van der Waals surface area (Å²) >= 11 is 0. The molecule has 1 heterocycles. The SMILES string of the molecule is CN(C)CC1CCCN1C(=O)c1ccccc1NN. The average molecular weight is 262 g/mol. The number of para-hydroxylation sites is 1. The van der Waals surface area contributed by atoms with Gasteiger partial charge >= 0.3 is 0 Å². The molecule has 0 spiro atoms. The van der Waals surface area contributed by atoms with Crippen LogP contribution in [-0.4, -0.2) is 48.9 Å². The molecule has 0 saturated carbocycles. The van der Waals surface area contributed by atoms with Crippen molar-refractivity contribution in [2.75, 3.05) is 32.6 Å². The third-order valence-corrected chi connectivity index (χ3v) is 3.53. The summed E-state index contributed by atoms with van der Waals surface area (Å²) in [7, 11) is 4.08. The minimum absolute atomic E-state index is 0.0675. The van der Waals surface area contributed by atoms with Gasteiger partial charge in [-0.3, -0.25) is 10.6 Å². The quantitative estimate of drug-likeness (QED) is 0.631. The van der Waals surface area contributed by atoms with Gasteiger partial charge in [-0.1, -0.05) is 12.1 Å². The zero-order valence-corrected chi connectivity index (χ0v) is 11.6. The molecule has 1 atom stereocenters. The Kier molecular flexibility index (Phi) is 4.39. The number of hydrogen-bond acceptors (Lipinski definition) is 4. The highest BCUT2D eigenvalue weighted by atomic mass is 16.2. The molecule has 0 aromatic heterocycles. The molecular formula is C14H22N4O. The Morgan fingerprint density at radius 1 is 1.47 bits per heavy atom. The Hall–Kier alpha value is -1.59. The van der Waals surface area contributed by atoms with E-state index in [0.29, 0.717) is 17.3 Å². The number of hydrazine groups is 1. The minimum atomic E-state index is 0.0675. The standard InChI is InChI=1S/C14H22N4O/c1-17(2)10-11-6-5-9-18(11)14(19)12-7-3-4-8-13(12)16-15/h3-4,7-8,11,16H,5-6,9-10,15H2,1-2H3. The smallest absolute Gasteiger partial charge is 0.256 e. The van der Waals surface area contributed by atoms with Crippen LogP contribution in [0.2, 0.25) is 0 Å². The number of likely N-dealkylation sites (tertiary alicyclic amines) is 1. The van der Waals surface area contributed by atoms with E-state index < -0.39 is 0 Å². The summed E-state index contributed by atoms with van der Waals surface area (Å²) in [6.45, 7) is 1.74. The monoisotopic (exact) mass is 262 g/mol. The van der Waals surface area contributed by atoms with Crippen molar-refractivity contribution in [2.24, 2.45) is 5.84 Å². The predicted molar refractivity (Wildman–Crippen MR) is 76.9 cm³/mol. The summed E-state index contributed by atoms with van der Waals surface area (Å²) in [5.41, 5.74) is 3.93. The summed E-state index contributed by atoms with van der Waals surface area (Å²) in [5, 5.41) is 0.